The molecule has 2 atom stereocenters. The molecule has 2 saturated heterocycles. The zero-order valence-electron chi connectivity index (χ0n) is 15.6. The minimum atomic E-state index is -0.0612. The number of para-hydroxylation sites is 1. The second-order valence-corrected chi connectivity index (χ2v) is 7.81. The first-order valence-electron chi connectivity index (χ1n) is 9.31. The lowest BCUT2D eigenvalue weighted by molar-refractivity contribution is 0.0667. The number of nitrogens with one attached hydrogen (secondary N) is 1. The van der Waals surface area contributed by atoms with Crippen LogP contribution in [0.4, 0.5) is 0 Å². The van der Waals surface area contributed by atoms with Crippen molar-refractivity contribution in [3.63, 3.8) is 0 Å². The fourth-order valence-electron chi connectivity index (χ4n) is 4.02. The molecule has 2 aromatic rings. The third-order valence-electron chi connectivity index (χ3n) is 5.31. The van der Waals surface area contributed by atoms with E-state index in [1.165, 1.54) is 0 Å². The van der Waals surface area contributed by atoms with E-state index >= 15 is 0 Å². The summed E-state index contributed by atoms with van der Waals surface area (Å²) in [6.45, 7) is 5.91. The SMILES string of the molecule is CC(C)c1nc(C(=O)N2C3CCNCC2CC3)nn1-c1ccccc1Cl.Cl. The van der Waals surface area contributed by atoms with Crippen molar-refractivity contribution in [1.29, 1.82) is 0 Å². The van der Waals surface area contributed by atoms with E-state index in [9.17, 15) is 4.79 Å². The topological polar surface area (TPSA) is 63.1 Å². The maximum Gasteiger partial charge on any atom is 0.294 e. The lowest BCUT2D eigenvalue weighted by Crippen LogP contribution is -2.43. The summed E-state index contributed by atoms with van der Waals surface area (Å²) in [7, 11) is 0. The van der Waals surface area contributed by atoms with Gasteiger partial charge in [-0.1, -0.05) is 37.6 Å². The molecule has 2 aliphatic rings. The van der Waals surface area contributed by atoms with Gasteiger partial charge >= 0.3 is 0 Å². The van der Waals surface area contributed by atoms with Gasteiger partial charge in [0.05, 0.1) is 10.7 Å². The van der Waals surface area contributed by atoms with E-state index in [-0.39, 0.29) is 42.1 Å². The van der Waals surface area contributed by atoms with Gasteiger partial charge in [0.1, 0.15) is 5.82 Å². The number of halogens is 2. The number of amides is 1. The molecule has 6 nitrogen and oxygen atoms in total. The maximum absolute atomic E-state index is 13.2. The number of rotatable bonds is 3. The molecular formula is C19H25Cl2N5O. The Hall–Kier alpha value is -1.63. The highest BCUT2D eigenvalue weighted by molar-refractivity contribution is 6.32. The molecule has 0 aliphatic carbocycles. The van der Waals surface area contributed by atoms with Gasteiger partial charge in [-0.25, -0.2) is 9.67 Å². The summed E-state index contributed by atoms with van der Waals surface area (Å²) in [5.74, 6) is 1.09. The maximum atomic E-state index is 13.2. The monoisotopic (exact) mass is 409 g/mol. The average molecular weight is 410 g/mol. The van der Waals surface area contributed by atoms with Crippen molar-refractivity contribution in [3.8, 4) is 5.69 Å². The van der Waals surface area contributed by atoms with E-state index in [0.717, 1.165) is 43.9 Å². The molecule has 2 fully saturated rings. The Kier molecular flexibility index (Phi) is 6.08. The molecule has 0 spiro atoms. The second kappa shape index (κ2) is 8.17. The quantitative estimate of drug-likeness (QED) is 0.842. The van der Waals surface area contributed by atoms with Crippen LogP contribution < -0.4 is 5.32 Å². The molecule has 2 aliphatic heterocycles. The Morgan fingerprint density at radius 3 is 2.70 bits per heavy atom. The molecule has 2 bridgehead atoms. The first kappa shape index (κ1) is 20.1. The van der Waals surface area contributed by atoms with E-state index < -0.39 is 0 Å². The van der Waals surface area contributed by atoms with Crippen molar-refractivity contribution >= 4 is 29.9 Å². The number of carbonyl (C=O) groups is 1. The van der Waals surface area contributed by atoms with Gasteiger partial charge in [0.15, 0.2) is 0 Å². The van der Waals surface area contributed by atoms with Gasteiger partial charge in [-0.15, -0.1) is 17.5 Å². The minimum absolute atomic E-state index is 0. The van der Waals surface area contributed by atoms with Crippen LogP contribution in [-0.4, -0.2) is 50.7 Å². The molecule has 146 valence electrons. The van der Waals surface area contributed by atoms with Crippen molar-refractivity contribution in [2.45, 2.75) is 51.1 Å². The Bertz CT molecular complexity index is 808. The predicted octanol–water partition coefficient (Wildman–Crippen LogP) is 3.43. The van der Waals surface area contributed by atoms with Gasteiger partial charge in [0, 0.05) is 24.5 Å². The zero-order valence-corrected chi connectivity index (χ0v) is 17.1. The number of fused-ring (bicyclic) bond motifs is 2. The molecule has 1 aromatic carbocycles. The van der Waals surface area contributed by atoms with Gasteiger partial charge in [-0.3, -0.25) is 4.79 Å². The molecule has 0 radical (unpaired) electrons. The highest BCUT2D eigenvalue weighted by Gasteiger charge is 2.40. The van der Waals surface area contributed by atoms with Crippen LogP contribution in [0.2, 0.25) is 5.02 Å². The summed E-state index contributed by atoms with van der Waals surface area (Å²) in [5, 5.41) is 8.59. The molecule has 8 heteroatoms. The molecular weight excluding hydrogens is 385 g/mol. The first-order valence-corrected chi connectivity index (χ1v) is 9.69. The van der Waals surface area contributed by atoms with Crippen molar-refractivity contribution < 1.29 is 4.79 Å². The molecule has 3 heterocycles. The van der Waals surface area contributed by atoms with E-state index in [4.69, 9.17) is 11.6 Å². The van der Waals surface area contributed by atoms with Crippen molar-refractivity contribution in [2.24, 2.45) is 0 Å². The van der Waals surface area contributed by atoms with Gasteiger partial charge in [-0.2, -0.15) is 0 Å². The number of nitrogens with zero attached hydrogens (tertiary/aromatic N) is 4. The average Bonchev–Trinajstić information content (AvgIpc) is 3.15. The number of hydrogen-bond acceptors (Lipinski definition) is 4. The lowest BCUT2D eigenvalue weighted by Gasteiger charge is -2.26. The van der Waals surface area contributed by atoms with Crippen molar-refractivity contribution in [2.75, 3.05) is 13.1 Å². The number of aromatic nitrogens is 3. The van der Waals surface area contributed by atoms with E-state index in [0.29, 0.717) is 5.02 Å². The Morgan fingerprint density at radius 1 is 1.22 bits per heavy atom. The molecule has 2 unspecified atom stereocenters. The van der Waals surface area contributed by atoms with Crippen molar-refractivity contribution in [3.05, 3.63) is 40.9 Å². The van der Waals surface area contributed by atoms with Crippen LogP contribution in [0, 0.1) is 0 Å². The standard InChI is InChI=1S/C19H24ClN5O.ClH/c1-12(2)18-22-17(23-25(18)16-6-4-3-5-15(16)20)19(26)24-13-7-8-14(24)11-21-10-9-13;/h3-6,12-14,21H,7-11H2,1-2H3;1H. The summed E-state index contributed by atoms with van der Waals surface area (Å²) in [6.07, 6.45) is 3.11. The van der Waals surface area contributed by atoms with Gasteiger partial charge in [0.25, 0.3) is 5.91 Å². The fourth-order valence-corrected chi connectivity index (χ4v) is 4.23. The minimum Gasteiger partial charge on any atom is -0.329 e. The van der Waals surface area contributed by atoms with Crippen LogP contribution in [-0.2, 0) is 0 Å². The largest absolute Gasteiger partial charge is 0.329 e. The first-order chi connectivity index (χ1) is 12.6. The van der Waals surface area contributed by atoms with E-state index in [1.54, 1.807) is 4.68 Å². The summed E-state index contributed by atoms with van der Waals surface area (Å²) < 4.78 is 1.72. The second-order valence-electron chi connectivity index (χ2n) is 7.40. The summed E-state index contributed by atoms with van der Waals surface area (Å²) >= 11 is 6.36. The van der Waals surface area contributed by atoms with Crippen LogP contribution >= 0.6 is 24.0 Å². The number of benzene rings is 1. The fraction of sp³-hybridized carbons (Fsp3) is 0.526. The zero-order chi connectivity index (χ0) is 18.3. The molecule has 1 aromatic heterocycles. The molecule has 1 N–H and O–H groups in total. The molecule has 27 heavy (non-hydrogen) atoms. The van der Waals surface area contributed by atoms with Crippen LogP contribution in [0.1, 0.15) is 55.5 Å². The van der Waals surface area contributed by atoms with Crippen LogP contribution in [0.25, 0.3) is 5.69 Å². The van der Waals surface area contributed by atoms with E-state index in [1.807, 2.05) is 43.0 Å². The number of hydrogen-bond donors (Lipinski definition) is 1. The Balaban J connectivity index is 0.00000210. The summed E-state index contributed by atoms with van der Waals surface area (Å²) in [6, 6.07) is 8.05. The van der Waals surface area contributed by atoms with Crippen LogP contribution in [0.3, 0.4) is 0 Å². The highest BCUT2D eigenvalue weighted by atomic mass is 35.5. The van der Waals surface area contributed by atoms with Crippen molar-refractivity contribution in [1.82, 2.24) is 25.0 Å². The van der Waals surface area contributed by atoms with Crippen LogP contribution in [0.5, 0.6) is 0 Å². The van der Waals surface area contributed by atoms with Gasteiger partial charge in [0.2, 0.25) is 5.82 Å². The summed E-state index contributed by atoms with van der Waals surface area (Å²) in [4.78, 5) is 19.9. The number of carbonyl (C=O) groups excluding carboxylic acids is 1. The molecule has 0 saturated carbocycles. The van der Waals surface area contributed by atoms with E-state index in [2.05, 4.69) is 15.4 Å². The third-order valence-corrected chi connectivity index (χ3v) is 5.63. The predicted molar refractivity (Wildman–Crippen MR) is 108 cm³/mol. The van der Waals surface area contributed by atoms with Gasteiger partial charge < -0.3 is 10.2 Å². The highest BCUT2D eigenvalue weighted by Crippen LogP contribution is 2.30. The van der Waals surface area contributed by atoms with Gasteiger partial charge in [-0.05, 0) is 37.9 Å². The Labute approximate surface area is 170 Å². The Morgan fingerprint density at radius 2 is 1.96 bits per heavy atom. The summed E-state index contributed by atoms with van der Waals surface area (Å²) in [5.41, 5.74) is 0.755. The molecule has 1 amide bonds. The third kappa shape index (κ3) is 3.71. The van der Waals surface area contributed by atoms with Crippen LogP contribution in [0.15, 0.2) is 24.3 Å². The smallest absolute Gasteiger partial charge is 0.294 e. The lowest BCUT2D eigenvalue weighted by atomic mass is 10.1. The normalized spacial score (nSPS) is 21.9. The molecule has 4 rings (SSSR count).